The predicted molar refractivity (Wildman–Crippen MR) is 87.1 cm³/mol. The van der Waals surface area contributed by atoms with Crippen LogP contribution in [0.3, 0.4) is 0 Å². The Balaban J connectivity index is 2.22. The normalized spacial score (nSPS) is 10.3. The van der Waals surface area contributed by atoms with Gasteiger partial charge >= 0.3 is 0 Å². The van der Waals surface area contributed by atoms with E-state index in [9.17, 15) is 0 Å². The molecule has 106 valence electrons. The molecule has 4 nitrogen and oxygen atoms in total. The molecule has 0 atom stereocenters. The van der Waals surface area contributed by atoms with Crippen molar-refractivity contribution in [3.63, 3.8) is 0 Å². The number of thioether (sulfide) groups is 1. The molecule has 0 radical (unpaired) electrons. The van der Waals surface area contributed by atoms with Crippen LogP contribution in [0.5, 0.6) is 0 Å². The Kier molecular flexibility index (Phi) is 5.24. The van der Waals surface area contributed by atoms with Gasteiger partial charge in [-0.1, -0.05) is 19.1 Å². The highest BCUT2D eigenvalue weighted by atomic mass is 32.2. The van der Waals surface area contributed by atoms with E-state index in [4.69, 9.17) is 0 Å². The number of nitrogens with one attached hydrogen (secondary N) is 2. The summed E-state index contributed by atoms with van der Waals surface area (Å²) in [6, 6.07) is 10.2. The van der Waals surface area contributed by atoms with Crippen LogP contribution in [0.2, 0.25) is 0 Å². The number of aryl methyl sites for hydroxylation is 1. The minimum Gasteiger partial charge on any atom is -0.370 e. The molecule has 0 unspecified atom stereocenters. The van der Waals surface area contributed by atoms with Gasteiger partial charge in [-0.25, -0.2) is 9.97 Å². The lowest BCUT2D eigenvalue weighted by atomic mass is 10.3. The topological polar surface area (TPSA) is 49.8 Å². The molecule has 0 spiro atoms. The summed E-state index contributed by atoms with van der Waals surface area (Å²) in [5.74, 6) is 2.44. The minimum absolute atomic E-state index is 0.759. The molecule has 1 heterocycles. The van der Waals surface area contributed by atoms with Crippen molar-refractivity contribution in [2.75, 3.05) is 23.4 Å². The van der Waals surface area contributed by atoms with Gasteiger partial charge in [0.05, 0.1) is 5.69 Å². The fraction of sp³-hybridized carbons (Fsp3) is 0.333. The number of hydrogen-bond acceptors (Lipinski definition) is 5. The highest BCUT2D eigenvalue weighted by Crippen LogP contribution is 2.27. The van der Waals surface area contributed by atoms with Crippen molar-refractivity contribution in [1.29, 1.82) is 0 Å². The minimum atomic E-state index is 0.759. The maximum atomic E-state index is 4.44. The number of hydrogen-bond donors (Lipinski definition) is 2. The average Bonchev–Trinajstić information content (AvgIpc) is 2.45. The first kappa shape index (κ1) is 14.7. The first-order valence-electron chi connectivity index (χ1n) is 6.72. The Morgan fingerprint density at radius 2 is 1.90 bits per heavy atom. The summed E-state index contributed by atoms with van der Waals surface area (Å²) >= 11 is 1.72. The standard InChI is InChI=1S/C15H20N4S/c1-4-9-16-14-10-15(18-11(2)17-14)19-12-7-5-6-8-13(12)20-3/h5-8,10H,4,9H2,1-3H3,(H2,16,17,18,19). The van der Waals surface area contributed by atoms with Crippen molar-refractivity contribution < 1.29 is 0 Å². The molecular formula is C15H20N4S. The third-order valence-electron chi connectivity index (χ3n) is 2.76. The zero-order valence-electron chi connectivity index (χ0n) is 12.1. The number of para-hydroxylation sites is 1. The second-order valence-corrected chi connectivity index (χ2v) is 5.29. The quantitative estimate of drug-likeness (QED) is 0.785. The van der Waals surface area contributed by atoms with Crippen molar-refractivity contribution in [2.45, 2.75) is 25.2 Å². The first-order valence-corrected chi connectivity index (χ1v) is 7.95. The van der Waals surface area contributed by atoms with E-state index in [0.29, 0.717) is 0 Å². The van der Waals surface area contributed by atoms with Gasteiger partial charge in [0.25, 0.3) is 0 Å². The van der Waals surface area contributed by atoms with Gasteiger partial charge in [0, 0.05) is 17.5 Å². The Labute approximate surface area is 124 Å². The van der Waals surface area contributed by atoms with Crippen LogP contribution in [0.15, 0.2) is 35.2 Å². The molecule has 2 N–H and O–H groups in total. The molecule has 2 rings (SSSR count). The Morgan fingerprint density at radius 1 is 1.15 bits per heavy atom. The second kappa shape index (κ2) is 7.14. The zero-order valence-corrected chi connectivity index (χ0v) is 12.9. The second-order valence-electron chi connectivity index (χ2n) is 4.44. The van der Waals surface area contributed by atoms with Crippen LogP contribution in [0.25, 0.3) is 0 Å². The Morgan fingerprint density at radius 3 is 2.65 bits per heavy atom. The van der Waals surface area contributed by atoms with E-state index in [-0.39, 0.29) is 0 Å². The van der Waals surface area contributed by atoms with Gasteiger partial charge in [0.2, 0.25) is 0 Å². The zero-order chi connectivity index (χ0) is 14.4. The molecule has 0 bridgehead atoms. The van der Waals surface area contributed by atoms with E-state index >= 15 is 0 Å². The van der Waals surface area contributed by atoms with Crippen molar-refractivity contribution >= 4 is 29.1 Å². The third kappa shape index (κ3) is 3.87. The van der Waals surface area contributed by atoms with E-state index < -0.39 is 0 Å². The molecule has 0 fully saturated rings. The Hall–Kier alpha value is -1.75. The summed E-state index contributed by atoms with van der Waals surface area (Å²) < 4.78 is 0. The van der Waals surface area contributed by atoms with Crippen LogP contribution < -0.4 is 10.6 Å². The fourth-order valence-corrected chi connectivity index (χ4v) is 2.41. The molecule has 20 heavy (non-hydrogen) atoms. The number of benzene rings is 1. The highest BCUT2D eigenvalue weighted by Gasteiger charge is 2.05. The molecule has 0 saturated carbocycles. The first-order chi connectivity index (χ1) is 9.72. The average molecular weight is 288 g/mol. The van der Waals surface area contributed by atoms with Crippen LogP contribution in [0, 0.1) is 6.92 Å². The maximum absolute atomic E-state index is 4.44. The fourth-order valence-electron chi connectivity index (χ4n) is 1.86. The molecular weight excluding hydrogens is 268 g/mol. The third-order valence-corrected chi connectivity index (χ3v) is 3.56. The number of rotatable bonds is 6. The van der Waals surface area contributed by atoms with E-state index in [0.717, 1.165) is 36.1 Å². The molecule has 2 aromatic rings. The SMILES string of the molecule is CCCNc1cc(Nc2ccccc2SC)nc(C)n1. The summed E-state index contributed by atoms with van der Waals surface area (Å²) in [6.07, 6.45) is 3.14. The summed E-state index contributed by atoms with van der Waals surface area (Å²) in [7, 11) is 0. The maximum Gasteiger partial charge on any atom is 0.136 e. The molecule has 0 aliphatic carbocycles. The monoisotopic (exact) mass is 288 g/mol. The van der Waals surface area contributed by atoms with Gasteiger partial charge in [0.1, 0.15) is 17.5 Å². The van der Waals surface area contributed by atoms with Crippen LogP contribution in [-0.2, 0) is 0 Å². The van der Waals surface area contributed by atoms with Crippen LogP contribution in [0.1, 0.15) is 19.2 Å². The van der Waals surface area contributed by atoms with Crippen LogP contribution in [-0.4, -0.2) is 22.8 Å². The summed E-state index contributed by atoms with van der Waals surface area (Å²) in [6.45, 7) is 4.95. The van der Waals surface area contributed by atoms with Gasteiger partial charge in [-0.05, 0) is 31.7 Å². The van der Waals surface area contributed by atoms with Crippen molar-refractivity contribution in [1.82, 2.24) is 9.97 Å². The molecule has 1 aromatic carbocycles. The van der Waals surface area contributed by atoms with Crippen LogP contribution in [0.4, 0.5) is 17.3 Å². The van der Waals surface area contributed by atoms with E-state index in [1.54, 1.807) is 11.8 Å². The lowest BCUT2D eigenvalue weighted by Gasteiger charge is -2.12. The van der Waals surface area contributed by atoms with Gasteiger partial charge in [-0.3, -0.25) is 0 Å². The van der Waals surface area contributed by atoms with Gasteiger partial charge < -0.3 is 10.6 Å². The van der Waals surface area contributed by atoms with Crippen molar-refractivity contribution in [3.8, 4) is 0 Å². The molecule has 0 saturated heterocycles. The smallest absolute Gasteiger partial charge is 0.136 e. The van der Waals surface area contributed by atoms with E-state index in [1.165, 1.54) is 4.90 Å². The summed E-state index contributed by atoms with van der Waals surface area (Å²) in [5, 5.41) is 6.66. The summed E-state index contributed by atoms with van der Waals surface area (Å²) in [4.78, 5) is 10.0. The number of nitrogens with zero attached hydrogens (tertiary/aromatic N) is 2. The van der Waals surface area contributed by atoms with Crippen molar-refractivity contribution in [2.24, 2.45) is 0 Å². The highest BCUT2D eigenvalue weighted by molar-refractivity contribution is 7.98. The molecule has 0 amide bonds. The largest absolute Gasteiger partial charge is 0.370 e. The van der Waals surface area contributed by atoms with Gasteiger partial charge in [0.15, 0.2) is 0 Å². The molecule has 5 heteroatoms. The molecule has 1 aromatic heterocycles. The lowest BCUT2D eigenvalue weighted by molar-refractivity contribution is 0.955. The summed E-state index contributed by atoms with van der Waals surface area (Å²) in [5.41, 5.74) is 1.07. The van der Waals surface area contributed by atoms with E-state index in [2.05, 4.69) is 45.9 Å². The Bertz CT molecular complexity index is 572. The number of anilines is 3. The van der Waals surface area contributed by atoms with Gasteiger partial charge in [-0.15, -0.1) is 11.8 Å². The predicted octanol–water partition coefficient (Wildman–Crippen LogP) is 4.07. The lowest BCUT2D eigenvalue weighted by Crippen LogP contribution is -2.05. The van der Waals surface area contributed by atoms with Gasteiger partial charge in [-0.2, -0.15) is 0 Å². The van der Waals surface area contributed by atoms with Crippen LogP contribution >= 0.6 is 11.8 Å². The molecule has 0 aliphatic rings. The number of aromatic nitrogens is 2. The van der Waals surface area contributed by atoms with E-state index in [1.807, 2.05) is 25.1 Å². The van der Waals surface area contributed by atoms with Crippen molar-refractivity contribution in [3.05, 3.63) is 36.2 Å². The molecule has 0 aliphatic heterocycles.